The molecule has 228 valence electrons. The van der Waals surface area contributed by atoms with E-state index in [-0.39, 0.29) is 0 Å². The van der Waals surface area contributed by atoms with Gasteiger partial charge in [0.05, 0.1) is 16.9 Å². The highest BCUT2D eigenvalue weighted by Gasteiger charge is 2.73. The summed E-state index contributed by atoms with van der Waals surface area (Å²) in [6, 6.07) is 25.4. The maximum absolute atomic E-state index is 14.4. The fourth-order valence-corrected chi connectivity index (χ4v) is 8.73. The zero-order chi connectivity index (χ0) is 31.8. The molecule has 1 heterocycles. The minimum atomic E-state index is -1.32. The first kappa shape index (κ1) is 30.1. The highest BCUT2D eigenvalue weighted by molar-refractivity contribution is 6.36. The third kappa shape index (κ3) is 4.34. The van der Waals surface area contributed by atoms with E-state index in [0.29, 0.717) is 49.5 Å². The Morgan fingerprint density at radius 1 is 0.778 bits per heavy atom. The summed E-state index contributed by atoms with van der Waals surface area (Å²) < 4.78 is 5.85. The minimum absolute atomic E-state index is 0.359. The van der Waals surface area contributed by atoms with Crippen LogP contribution in [0.4, 0.5) is 5.69 Å². The Kier molecular flexibility index (Phi) is 7.21. The summed E-state index contributed by atoms with van der Waals surface area (Å²) >= 11 is 27.3. The van der Waals surface area contributed by atoms with Gasteiger partial charge in [0.25, 0.3) is 0 Å². The van der Waals surface area contributed by atoms with Gasteiger partial charge in [0.15, 0.2) is 0 Å². The van der Waals surface area contributed by atoms with Crippen molar-refractivity contribution in [3.8, 4) is 11.5 Å². The number of ether oxygens (including phenoxy) is 1. The van der Waals surface area contributed by atoms with Crippen LogP contribution in [-0.4, -0.2) is 28.7 Å². The number of imide groups is 1. The molecule has 0 unspecified atom stereocenters. The van der Waals surface area contributed by atoms with Crippen LogP contribution in [0.15, 0.2) is 91.0 Å². The molecular weight excluding hydrogens is 654 g/mol. The Morgan fingerprint density at radius 3 is 1.71 bits per heavy atom. The lowest BCUT2D eigenvalue weighted by molar-refractivity contribution is -0.148. The van der Waals surface area contributed by atoms with Crippen molar-refractivity contribution in [1.29, 1.82) is 0 Å². The molecule has 8 rings (SSSR count). The highest BCUT2D eigenvalue weighted by atomic mass is 35.5. The van der Waals surface area contributed by atoms with Gasteiger partial charge in [-0.25, -0.2) is 0 Å². The van der Waals surface area contributed by atoms with E-state index in [4.69, 9.17) is 51.1 Å². The van der Waals surface area contributed by atoms with Crippen molar-refractivity contribution in [2.45, 2.75) is 29.6 Å². The first-order valence-electron chi connectivity index (χ1n) is 14.5. The zero-order valence-corrected chi connectivity index (χ0v) is 27.1. The second kappa shape index (κ2) is 10.8. The first-order valence-corrected chi connectivity index (χ1v) is 16.0. The molecule has 0 radical (unpaired) electrons. The molecule has 1 N–H and O–H groups in total. The Labute approximate surface area is 280 Å². The summed E-state index contributed by atoms with van der Waals surface area (Å²) in [5, 5.41) is 3.72. The number of halogens is 4. The molecule has 0 spiro atoms. The van der Waals surface area contributed by atoms with Crippen molar-refractivity contribution >= 4 is 69.8 Å². The maximum Gasteiger partial charge on any atom is 0.247 e. The predicted molar refractivity (Wildman–Crippen MR) is 175 cm³/mol. The van der Waals surface area contributed by atoms with Crippen LogP contribution in [0.5, 0.6) is 11.5 Å². The first-order chi connectivity index (χ1) is 21.5. The molecule has 4 aliphatic rings. The zero-order valence-electron chi connectivity index (χ0n) is 24.1. The van der Waals surface area contributed by atoms with E-state index in [2.05, 4.69) is 5.32 Å². The van der Waals surface area contributed by atoms with Crippen LogP contribution >= 0.6 is 46.4 Å². The summed E-state index contributed by atoms with van der Waals surface area (Å²) in [6.45, 7) is 3.59. The van der Waals surface area contributed by atoms with Gasteiger partial charge < -0.3 is 10.1 Å². The van der Waals surface area contributed by atoms with E-state index in [1.54, 1.807) is 56.3 Å². The summed E-state index contributed by atoms with van der Waals surface area (Å²) in [4.78, 5) is 41.2. The summed E-state index contributed by atoms with van der Waals surface area (Å²) in [7, 11) is 0. The molecule has 0 saturated carbocycles. The predicted octanol–water partition coefficient (Wildman–Crippen LogP) is 8.34. The lowest BCUT2D eigenvalue weighted by Crippen LogP contribution is -2.57. The molecule has 6 nitrogen and oxygen atoms in total. The third-order valence-corrected chi connectivity index (χ3v) is 10.9. The lowest BCUT2D eigenvalue weighted by atomic mass is 9.54. The average molecular weight is 680 g/mol. The van der Waals surface area contributed by atoms with Crippen LogP contribution in [0, 0.1) is 17.8 Å². The SMILES string of the molecule is CC(C)[C@@H](C(=O)Nc1ccc(Oc2ccc(Cl)cc2Cl)cc1)N1C(=O)[C@H]2[C@H](C1=O)C1(Cl)c3ccccc3C2(Cl)c2ccccc21. The average Bonchev–Trinajstić information content (AvgIpc) is 3.29. The number of hydrogen-bond donors (Lipinski definition) is 1. The molecule has 1 saturated heterocycles. The molecule has 2 bridgehead atoms. The van der Waals surface area contributed by atoms with E-state index in [0.717, 1.165) is 4.90 Å². The number of alkyl halides is 2. The van der Waals surface area contributed by atoms with Gasteiger partial charge >= 0.3 is 0 Å². The molecule has 4 aromatic carbocycles. The van der Waals surface area contributed by atoms with Crippen molar-refractivity contribution in [2.24, 2.45) is 17.8 Å². The second-order valence-corrected chi connectivity index (χ2v) is 13.9. The second-order valence-electron chi connectivity index (χ2n) is 11.9. The molecular formula is C35H26Cl4N2O4. The van der Waals surface area contributed by atoms with Gasteiger partial charge in [0.1, 0.15) is 27.3 Å². The number of likely N-dealkylation sites (tertiary alicyclic amines) is 1. The monoisotopic (exact) mass is 678 g/mol. The Bertz CT molecular complexity index is 1770. The van der Waals surface area contributed by atoms with Gasteiger partial charge in [-0.3, -0.25) is 19.3 Å². The highest BCUT2D eigenvalue weighted by Crippen LogP contribution is 2.69. The van der Waals surface area contributed by atoms with Crippen LogP contribution in [-0.2, 0) is 24.1 Å². The molecule has 1 aliphatic heterocycles. The molecule has 4 aromatic rings. The van der Waals surface area contributed by atoms with Crippen LogP contribution in [0.3, 0.4) is 0 Å². The number of rotatable bonds is 6. The Balaban J connectivity index is 1.20. The molecule has 3 atom stereocenters. The summed E-state index contributed by atoms with van der Waals surface area (Å²) in [6.07, 6.45) is 0. The van der Waals surface area contributed by atoms with Crippen LogP contribution in [0.1, 0.15) is 36.1 Å². The number of amides is 3. The minimum Gasteiger partial charge on any atom is -0.456 e. The molecule has 0 aromatic heterocycles. The van der Waals surface area contributed by atoms with Crippen molar-refractivity contribution in [2.75, 3.05) is 5.32 Å². The fraction of sp³-hybridized carbons (Fsp3) is 0.229. The molecule has 3 aliphatic carbocycles. The number of nitrogens with zero attached hydrogens (tertiary/aromatic N) is 1. The van der Waals surface area contributed by atoms with Gasteiger partial charge in [-0.05, 0) is 70.6 Å². The van der Waals surface area contributed by atoms with E-state index in [1.165, 1.54) is 0 Å². The van der Waals surface area contributed by atoms with Crippen molar-refractivity contribution < 1.29 is 19.1 Å². The topological polar surface area (TPSA) is 75.7 Å². The lowest BCUT2D eigenvalue weighted by Gasteiger charge is -2.54. The molecule has 45 heavy (non-hydrogen) atoms. The quantitative estimate of drug-likeness (QED) is 0.164. The van der Waals surface area contributed by atoms with Crippen LogP contribution in [0.25, 0.3) is 0 Å². The van der Waals surface area contributed by atoms with Crippen LogP contribution in [0.2, 0.25) is 10.0 Å². The number of anilines is 1. The Morgan fingerprint density at radius 2 is 1.27 bits per heavy atom. The number of carbonyl (C=O) groups excluding carboxylic acids is 3. The van der Waals surface area contributed by atoms with Gasteiger partial charge in [-0.2, -0.15) is 0 Å². The standard InChI is InChI=1S/C35H26Cl4N2O4/c1-18(2)30(31(42)40-20-12-14-21(15-13-20)45-27-16-11-19(36)17-26(27)37)41-32(43)28-29(33(41)44)35(39)23-8-4-3-7-22(23)34(28,38)24-9-5-6-10-25(24)35/h3-18,28-30H,1-2H3,(H,40,42)/t28-,29-,30+,34?,35?/m1/s1. The van der Waals surface area contributed by atoms with E-state index >= 15 is 0 Å². The number of carbonyl (C=O) groups is 3. The van der Waals surface area contributed by atoms with Crippen molar-refractivity contribution in [3.63, 3.8) is 0 Å². The van der Waals surface area contributed by atoms with Crippen molar-refractivity contribution in [3.05, 3.63) is 123 Å². The normalized spacial score (nSPS) is 25.1. The maximum atomic E-state index is 14.4. The summed E-state index contributed by atoms with van der Waals surface area (Å²) in [5.41, 5.74) is 3.28. The van der Waals surface area contributed by atoms with E-state index in [1.807, 2.05) is 48.5 Å². The fourth-order valence-electron chi connectivity index (χ4n) is 7.19. The smallest absolute Gasteiger partial charge is 0.247 e. The number of benzene rings is 4. The van der Waals surface area contributed by atoms with Gasteiger partial charge in [-0.15, -0.1) is 23.2 Å². The third-order valence-electron chi connectivity index (χ3n) is 9.04. The molecule has 3 amide bonds. The molecule has 10 heteroatoms. The van der Waals surface area contributed by atoms with E-state index in [9.17, 15) is 14.4 Å². The number of nitrogens with one attached hydrogen (secondary N) is 1. The number of hydrogen-bond acceptors (Lipinski definition) is 4. The largest absolute Gasteiger partial charge is 0.456 e. The van der Waals surface area contributed by atoms with Gasteiger partial charge in [0, 0.05) is 10.7 Å². The van der Waals surface area contributed by atoms with Gasteiger partial charge in [-0.1, -0.05) is 85.6 Å². The summed E-state index contributed by atoms with van der Waals surface area (Å²) in [5.74, 6) is -2.99. The van der Waals surface area contributed by atoms with Crippen molar-refractivity contribution in [1.82, 2.24) is 4.90 Å². The van der Waals surface area contributed by atoms with Gasteiger partial charge in [0.2, 0.25) is 17.7 Å². The van der Waals surface area contributed by atoms with E-state index < -0.39 is 51.3 Å². The Hall–Kier alpha value is -3.55. The van der Waals surface area contributed by atoms with Crippen LogP contribution < -0.4 is 10.1 Å². The molecule has 1 fully saturated rings.